The number of nitrogens with one attached hydrogen (secondary N) is 1. The predicted octanol–water partition coefficient (Wildman–Crippen LogP) is 4.56. The minimum atomic E-state index is -0.632. The number of hydrogen-bond acceptors (Lipinski definition) is 3. The second-order valence-corrected chi connectivity index (χ2v) is 8.85. The Morgan fingerprint density at radius 2 is 1.75 bits per heavy atom. The highest BCUT2D eigenvalue weighted by Gasteiger charge is 2.51. The number of phenols is 2. The number of aromatic hydroxyl groups is 2. The monoisotopic (exact) mass is 378 g/mol. The summed E-state index contributed by atoms with van der Waals surface area (Å²) in [5.74, 6) is -0.454. The number of rotatable bonds is 3. The molecule has 0 aliphatic heterocycles. The lowest BCUT2D eigenvalue weighted by Crippen LogP contribution is -2.27. The maximum atomic E-state index is 13.0. The number of phenolic OH excluding ortho intramolecular Hbond substituents is 2. The summed E-state index contributed by atoms with van der Waals surface area (Å²) in [6.07, 6.45) is 1.45. The van der Waals surface area contributed by atoms with E-state index in [0.717, 1.165) is 35.0 Å². The average Bonchev–Trinajstić information content (AvgIpc) is 3.36. The molecule has 0 spiro atoms. The highest BCUT2D eigenvalue weighted by Crippen LogP contribution is 2.50. The van der Waals surface area contributed by atoms with E-state index in [4.69, 9.17) is 0 Å². The predicted molar refractivity (Wildman–Crippen MR) is 111 cm³/mol. The first-order valence-electron chi connectivity index (χ1n) is 9.56. The molecule has 0 atom stereocenters. The van der Waals surface area contributed by atoms with Crippen molar-refractivity contribution in [3.63, 3.8) is 0 Å². The third-order valence-electron chi connectivity index (χ3n) is 5.78. The molecule has 5 nitrogen and oxygen atoms in total. The van der Waals surface area contributed by atoms with Gasteiger partial charge in [0.05, 0.1) is 5.41 Å². The lowest BCUT2D eigenvalue weighted by atomic mass is 9.92. The van der Waals surface area contributed by atoms with Crippen molar-refractivity contribution in [2.45, 2.75) is 44.4 Å². The van der Waals surface area contributed by atoms with Crippen molar-refractivity contribution in [2.24, 2.45) is 7.05 Å². The van der Waals surface area contributed by atoms with Gasteiger partial charge in [0.1, 0.15) is 0 Å². The molecule has 3 N–H and O–H groups in total. The summed E-state index contributed by atoms with van der Waals surface area (Å²) in [7, 11) is 2.07. The number of carbonyl (C=O) groups is 1. The maximum absolute atomic E-state index is 13.0. The fourth-order valence-electron chi connectivity index (χ4n) is 3.99. The standard InChI is InChI=1S/C23H26N2O3/c1-22(2,3)20-12-14-11-16(6-7-17(14)25(20)4)24-21(28)23(9-10-23)15-5-8-18(26)19(27)13-15/h5-8,11-13,26-27H,9-10H2,1-4H3,(H,24,28). The molecule has 1 aliphatic carbocycles. The Labute approximate surface area is 164 Å². The highest BCUT2D eigenvalue weighted by atomic mass is 16.3. The van der Waals surface area contributed by atoms with Gasteiger partial charge in [-0.25, -0.2) is 0 Å². The number of amides is 1. The van der Waals surface area contributed by atoms with Gasteiger partial charge in [0.15, 0.2) is 11.5 Å². The van der Waals surface area contributed by atoms with Crippen LogP contribution in [0.1, 0.15) is 44.9 Å². The summed E-state index contributed by atoms with van der Waals surface area (Å²) in [6.45, 7) is 6.56. The van der Waals surface area contributed by atoms with Crippen molar-refractivity contribution in [2.75, 3.05) is 5.32 Å². The van der Waals surface area contributed by atoms with Crippen LogP contribution in [0.3, 0.4) is 0 Å². The van der Waals surface area contributed by atoms with Crippen molar-refractivity contribution in [3.05, 3.63) is 53.7 Å². The minimum absolute atomic E-state index is 0.0378. The van der Waals surface area contributed by atoms with Crippen molar-refractivity contribution >= 4 is 22.5 Å². The molecule has 2 aromatic carbocycles. The van der Waals surface area contributed by atoms with Crippen LogP contribution in [0.15, 0.2) is 42.5 Å². The third-order valence-corrected chi connectivity index (χ3v) is 5.78. The van der Waals surface area contributed by atoms with Crippen LogP contribution in [0.5, 0.6) is 11.5 Å². The van der Waals surface area contributed by atoms with E-state index in [9.17, 15) is 15.0 Å². The molecule has 28 heavy (non-hydrogen) atoms. The first-order valence-corrected chi connectivity index (χ1v) is 9.56. The first kappa shape index (κ1) is 18.4. The van der Waals surface area contributed by atoms with Gasteiger partial charge in [-0.3, -0.25) is 4.79 Å². The summed E-state index contributed by atoms with van der Waals surface area (Å²) in [5, 5.41) is 23.5. The van der Waals surface area contributed by atoms with E-state index in [-0.39, 0.29) is 22.8 Å². The molecule has 1 aromatic heterocycles. The van der Waals surface area contributed by atoms with Crippen LogP contribution in [0.2, 0.25) is 0 Å². The number of nitrogens with zero attached hydrogens (tertiary/aromatic N) is 1. The van der Waals surface area contributed by atoms with Crippen molar-refractivity contribution in [1.82, 2.24) is 4.57 Å². The fourth-order valence-corrected chi connectivity index (χ4v) is 3.99. The molecule has 4 rings (SSSR count). The summed E-state index contributed by atoms with van der Waals surface area (Å²) in [5.41, 5.74) is 3.27. The zero-order chi connectivity index (χ0) is 20.3. The Kier molecular flexibility index (Phi) is 3.96. The molecule has 1 heterocycles. The topological polar surface area (TPSA) is 74.5 Å². The van der Waals surface area contributed by atoms with E-state index in [1.165, 1.54) is 17.8 Å². The van der Waals surface area contributed by atoms with Crippen LogP contribution >= 0.6 is 0 Å². The molecule has 0 radical (unpaired) electrons. The van der Waals surface area contributed by atoms with Crippen LogP contribution in [0.4, 0.5) is 5.69 Å². The van der Waals surface area contributed by atoms with E-state index in [1.807, 2.05) is 18.2 Å². The number of benzene rings is 2. The highest BCUT2D eigenvalue weighted by molar-refractivity contribution is 6.02. The summed E-state index contributed by atoms with van der Waals surface area (Å²) < 4.78 is 2.20. The van der Waals surface area contributed by atoms with Gasteiger partial charge in [-0.15, -0.1) is 0 Å². The lowest BCUT2D eigenvalue weighted by Gasteiger charge is -2.19. The minimum Gasteiger partial charge on any atom is -0.504 e. The van der Waals surface area contributed by atoms with E-state index >= 15 is 0 Å². The molecule has 146 valence electrons. The second kappa shape index (κ2) is 6.03. The Bertz CT molecular complexity index is 1090. The zero-order valence-corrected chi connectivity index (χ0v) is 16.7. The van der Waals surface area contributed by atoms with Crippen LogP contribution < -0.4 is 5.32 Å². The van der Waals surface area contributed by atoms with Crippen LogP contribution in [-0.2, 0) is 22.7 Å². The number of aryl methyl sites for hydroxylation is 1. The Morgan fingerprint density at radius 3 is 2.36 bits per heavy atom. The quantitative estimate of drug-likeness (QED) is 0.585. The summed E-state index contributed by atoms with van der Waals surface area (Å²) in [4.78, 5) is 13.0. The van der Waals surface area contributed by atoms with Gasteiger partial charge in [-0.05, 0) is 54.8 Å². The zero-order valence-electron chi connectivity index (χ0n) is 16.7. The smallest absolute Gasteiger partial charge is 0.235 e. The lowest BCUT2D eigenvalue weighted by molar-refractivity contribution is -0.118. The maximum Gasteiger partial charge on any atom is 0.235 e. The largest absolute Gasteiger partial charge is 0.504 e. The normalized spacial score (nSPS) is 15.6. The molecule has 1 aliphatic rings. The molecule has 1 amide bonds. The van der Waals surface area contributed by atoms with Gasteiger partial charge in [-0.1, -0.05) is 26.8 Å². The van der Waals surface area contributed by atoms with E-state index < -0.39 is 5.41 Å². The second-order valence-electron chi connectivity index (χ2n) is 8.85. The van der Waals surface area contributed by atoms with Crippen LogP contribution in [0, 0.1) is 0 Å². The van der Waals surface area contributed by atoms with Gasteiger partial charge in [0, 0.05) is 34.7 Å². The molecule has 0 bridgehead atoms. The first-order chi connectivity index (χ1) is 13.1. The van der Waals surface area contributed by atoms with Gasteiger partial charge < -0.3 is 20.1 Å². The Hall–Kier alpha value is -2.95. The molecule has 0 unspecified atom stereocenters. The van der Waals surface area contributed by atoms with Crippen LogP contribution in [0.25, 0.3) is 10.9 Å². The van der Waals surface area contributed by atoms with Gasteiger partial charge in [0.25, 0.3) is 0 Å². The SMILES string of the molecule is Cn1c(C(C)(C)C)cc2cc(NC(=O)C3(c4ccc(O)c(O)c4)CC3)ccc21. The van der Waals surface area contributed by atoms with Crippen LogP contribution in [-0.4, -0.2) is 20.7 Å². The fraction of sp³-hybridized carbons (Fsp3) is 0.348. The summed E-state index contributed by atoms with van der Waals surface area (Å²) >= 11 is 0. The van der Waals surface area contributed by atoms with Crippen molar-refractivity contribution < 1.29 is 15.0 Å². The molecule has 1 saturated carbocycles. The number of fused-ring (bicyclic) bond motifs is 1. The van der Waals surface area contributed by atoms with Gasteiger partial charge in [0.2, 0.25) is 5.91 Å². The number of carbonyl (C=O) groups excluding carboxylic acids is 1. The number of anilines is 1. The molecule has 1 fully saturated rings. The third kappa shape index (κ3) is 2.91. The van der Waals surface area contributed by atoms with Gasteiger partial charge >= 0.3 is 0 Å². The number of hydrogen-bond donors (Lipinski definition) is 3. The van der Waals surface area contributed by atoms with E-state index in [1.54, 1.807) is 6.07 Å². The van der Waals surface area contributed by atoms with Crippen molar-refractivity contribution in [1.29, 1.82) is 0 Å². The Balaban J connectivity index is 1.63. The number of aromatic nitrogens is 1. The van der Waals surface area contributed by atoms with E-state index in [2.05, 4.69) is 43.8 Å². The summed E-state index contributed by atoms with van der Waals surface area (Å²) in [6, 6.07) is 12.8. The molecule has 3 aromatic rings. The Morgan fingerprint density at radius 1 is 1.04 bits per heavy atom. The molecular weight excluding hydrogens is 352 g/mol. The molecule has 5 heteroatoms. The molecular formula is C23H26N2O3. The average molecular weight is 378 g/mol. The van der Waals surface area contributed by atoms with E-state index in [0.29, 0.717) is 0 Å². The van der Waals surface area contributed by atoms with Crippen molar-refractivity contribution in [3.8, 4) is 11.5 Å². The van der Waals surface area contributed by atoms with Gasteiger partial charge in [-0.2, -0.15) is 0 Å². The molecule has 0 saturated heterocycles.